The second-order valence-electron chi connectivity index (χ2n) is 6.23. The maximum Gasteiger partial charge on any atom is 0.238 e. The Labute approximate surface area is 183 Å². The minimum atomic E-state index is -3.76. The summed E-state index contributed by atoms with van der Waals surface area (Å²) in [5.41, 5.74) is 2.84. The van der Waals surface area contributed by atoms with Gasteiger partial charge in [0.2, 0.25) is 10.0 Å². The normalized spacial score (nSPS) is 11.1. The zero-order valence-electron chi connectivity index (χ0n) is 15.3. The number of primary sulfonamides is 1. The predicted octanol–water partition coefficient (Wildman–Crippen LogP) is 3.57. The summed E-state index contributed by atoms with van der Waals surface area (Å²) < 4.78 is 24.1. The minimum Gasteiger partial charge on any atom is -0.358 e. The number of halogens is 1. The van der Waals surface area contributed by atoms with Crippen molar-refractivity contribution >= 4 is 49.0 Å². The molecule has 0 saturated heterocycles. The molecule has 0 fully saturated rings. The molecule has 0 spiro atoms. The lowest BCUT2D eigenvalue weighted by Gasteiger charge is -2.27. The molecule has 0 saturated carbocycles. The number of pyridine rings is 1. The molecule has 1 aromatic heterocycles. The predicted molar refractivity (Wildman–Crippen MR) is 122 cm³/mol. The Bertz CT molecular complexity index is 1090. The van der Waals surface area contributed by atoms with E-state index in [0.717, 1.165) is 21.3 Å². The van der Waals surface area contributed by atoms with E-state index in [0.29, 0.717) is 18.2 Å². The summed E-state index contributed by atoms with van der Waals surface area (Å²) in [4.78, 5) is 5.97. The first kappa shape index (κ1) is 21.4. The number of aromatic nitrogens is 1. The van der Waals surface area contributed by atoms with Gasteiger partial charge >= 0.3 is 0 Å². The van der Waals surface area contributed by atoms with Gasteiger partial charge in [-0.3, -0.25) is 4.98 Å². The molecule has 0 aliphatic rings. The number of nitrogens with one attached hydrogen (secondary N) is 1. The van der Waals surface area contributed by atoms with Crippen LogP contribution >= 0.6 is 28.1 Å². The highest BCUT2D eigenvalue weighted by molar-refractivity contribution is 9.10. The molecule has 0 aliphatic heterocycles. The van der Waals surface area contributed by atoms with Gasteiger partial charge in [-0.2, -0.15) is 0 Å². The van der Waals surface area contributed by atoms with Gasteiger partial charge in [0.15, 0.2) is 5.11 Å². The quantitative estimate of drug-likeness (QED) is 0.513. The topological polar surface area (TPSA) is 88.3 Å². The minimum absolute atomic E-state index is 0.0535. The molecule has 2 aromatic carbocycles. The standard InChI is InChI=1S/C20H19BrN4O2S2/c21-19-4-2-1-3-16(19)14-25(17-5-7-18(8-6-17)29(22,26)27)20(28)24-13-15-9-11-23-12-10-15/h1-12H,13-14H2,(H,24,28)(H2,22,26,27). The van der Waals surface area contributed by atoms with E-state index in [9.17, 15) is 8.42 Å². The van der Waals surface area contributed by atoms with E-state index in [1.165, 1.54) is 12.1 Å². The molecule has 0 radical (unpaired) electrons. The van der Waals surface area contributed by atoms with Gasteiger partial charge < -0.3 is 10.2 Å². The number of benzene rings is 2. The fourth-order valence-corrected chi connectivity index (χ4v) is 3.83. The van der Waals surface area contributed by atoms with Crippen molar-refractivity contribution in [2.24, 2.45) is 5.14 Å². The van der Waals surface area contributed by atoms with Crippen LogP contribution in [0.1, 0.15) is 11.1 Å². The van der Waals surface area contributed by atoms with Crippen LogP contribution in [0.25, 0.3) is 0 Å². The van der Waals surface area contributed by atoms with Crippen molar-refractivity contribution in [3.05, 3.63) is 88.7 Å². The summed E-state index contributed by atoms with van der Waals surface area (Å²) >= 11 is 9.21. The molecule has 3 rings (SSSR count). The molecule has 0 atom stereocenters. The summed E-state index contributed by atoms with van der Waals surface area (Å²) in [5.74, 6) is 0. The van der Waals surface area contributed by atoms with Crippen molar-refractivity contribution in [1.82, 2.24) is 10.3 Å². The summed E-state index contributed by atoms with van der Waals surface area (Å²) in [6, 6.07) is 18.0. The van der Waals surface area contributed by atoms with Gasteiger partial charge in [0.1, 0.15) is 0 Å². The lowest BCUT2D eigenvalue weighted by Crippen LogP contribution is -2.39. The van der Waals surface area contributed by atoms with Gasteiger partial charge in [-0.1, -0.05) is 34.1 Å². The van der Waals surface area contributed by atoms with Crippen molar-refractivity contribution in [2.45, 2.75) is 18.0 Å². The molecule has 6 nitrogen and oxygen atoms in total. The SMILES string of the molecule is NS(=O)(=O)c1ccc(N(Cc2ccccc2Br)C(=S)NCc2ccncc2)cc1. The zero-order valence-corrected chi connectivity index (χ0v) is 18.5. The van der Waals surface area contributed by atoms with E-state index in [2.05, 4.69) is 26.2 Å². The largest absolute Gasteiger partial charge is 0.358 e. The molecule has 0 amide bonds. The van der Waals surface area contributed by atoms with E-state index < -0.39 is 10.0 Å². The Hall–Kier alpha value is -2.33. The smallest absolute Gasteiger partial charge is 0.238 e. The third-order valence-electron chi connectivity index (χ3n) is 4.20. The van der Waals surface area contributed by atoms with Crippen LogP contribution in [0.2, 0.25) is 0 Å². The summed E-state index contributed by atoms with van der Waals surface area (Å²) in [6.45, 7) is 1.04. The first-order valence-electron chi connectivity index (χ1n) is 8.65. The van der Waals surface area contributed by atoms with Crippen LogP contribution in [-0.2, 0) is 23.1 Å². The second kappa shape index (κ2) is 9.45. The first-order valence-corrected chi connectivity index (χ1v) is 11.4. The Kier molecular flexibility index (Phi) is 6.96. The average Bonchev–Trinajstić information content (AvgIpc) is 2.72. The van der Waals surface area contributed by atoms with Crippen molar-refractivity contribution in [2.75, 3.05) is 4.90 Å². The van der Waals surface area contributed by atoms with E-state index in [1.807, 2.05) is 41.3 Å². The average molecular weight is 491 g/mol. The molecule has 1 heterocycles. The first-order chi connectivity index (χ1) is 13.8. The Balaban J connectivity index is 1.86. The van der Waals surface area contributed by atoms with Crippen molar-refractivity contribution < 1.29 is 8.42 Å². The van der Waals surface area contributed by atoms with E-state index in [1.54, 1.807) is 24.5 Å². The molecule has 0 unspecified atom stereocenters. The number of anilines is 1. The molecule has 150 valence electrons. The van der Waals surface area contributed by atoms with Gasteiger partial charge in [-0.05, 0) is 65.8 Å². The van der Waals surface area contributed by atoms with Gasteiger partial charge in [-0.25, -0.2) is 13.6 Å². The molecular weight excluding hydrogens is 472 g/mol. The lowest BCUT2D eigenvalue weighted by atomic mass is 10.2. The van der Waals surface area contributed by atoms with Gasteiger partial charge in [-0.15, -0.1) is 0 Å². The van der Waals surface area contributed by atoms with Gasteiger partial charge in [0, 0.05) is 29.1 Å². The van der Waals surface area contributed by atoms with Gasteiger partial charge in [0.25, 0.3) is 0 Å². The number of thiocarbonyl (C=S) groups is 1. The Morgan fingerprint density at radius 1 is 1.07 bits per heavy atom. The molecule has 9 heteroatoms. The van der Waals surface area contributed by atoms with Gasteiger partial charge in [0.05, 0.1) is 11.4 Å². The van der Waals surface area contributed by atoms with E-state index in [-0.39, 0.29) is 4.90 Å². The maximum atomic E-state index is 11.6. The van der Waals surface area contributed by atoms with Crippen LogP contribution < -0.4 is 15.4 Å². The van der Waals surface area contributed by atoms with Crippen molar-refractivity contribution in [3.8, 4) is 0 Å². The molecule has 0 bridgehead atoms. The van der Waals surface area contributed by atoms with Crippen molar-refractivity contribution in [3.63, 3.8) is 0 Å². The summed E-state index contributed by atoms with van der Waals surface area (Å²) in [7, 11) is -3.76. The number of hydrogen-bond acceptors (Lipinski definition) is 4. The molecule has 29 heavy (non-hydrogen) atoms. The highest BCUT2D eigenvalue weighted by atomic mass is 79.9. The Morgan fingerprint density at radius 3 is 2.34 bits per heavy atom. The summed E-state index contributed by atoms with van der Waals surface area (Å²) in [6.07, 6.45) is 3.45. The maximum absolute atomic E-state index is 11.6. The van der Waals surface area contributed by atoms with E-state index >= 15 is 0 Å². The summed E-state index contributed by atoms with van der Waals surface area (Å²) in [5, 5.41) is 8.98. The second-order valence-corrected chi connectivity index (χ2v) is 9.03. The van der Waals surface area contributed by atoms with Crippen molar-refractivity contribution in [1.29, 1.82) is 0 Å². The molecule has 3 N–H and O–H groups in total. The molecule has 0 aliphatic carbocycles. The Morgan fingerprint density at radius 2 is 1.72 bits per heavy atom. The monoisotopic (exact) mass is 490 g/mol. The number of rotatable bonds is 6. The third kappa shape index (κ3) is 5.83. The highest BCUT2D eigenvalue weighted by Crippen LogP contribution is 2.23. The number of sulfonamides is 1. The van der Waals surface area contributed by atoms with Crippen LogP contribution in [0.5, 0.6) is 0 Å². The van der Waals surface area contributed by atoms with E-state index in [4.69, 9.17) is 17.4 Å². The molecular formula is C20H19BrN4O2S2. The fourth-order valence-electron chi connectivity index (χ4n) is 2.67. The zero-order chi connectivity index (χ0) is 20.9. The highest BCUT2D eigenvalue weighted by Gasteiger charge is 2.16. The van der Waals surface area contributed by atoms with Crippen LogP contribution in [0, 0.1) is 0 Å². The van der Waals surface area contributed by atoms with Crippen LogP contribution in [0.4, 0.5) is 5.69 Å². The number of nitrogens with zero attached hydrogens (tertiary/aromatic N) is 2. The number of nitrogens with two attached hydrogens (primary N) is 1. The van der Waals surface area contributed by atoms with Crippen LogP contribution in [-0.4, -0.2) is 18.5 Å². The van der Waals surface area contributed by atoms with Crippen LogP contribution in [0.15, 0.2) is 82.4 Å². The van der Waals surface area contributed by atoms with Crippen LogP contribution in [0.3, 0.4) is 0 Å². The molecule has 3 aromatic rings. The third-order valence-corrected chi connectivity index (χ3v) is 6.27. The fraction of sp³-hybridized carbons (Fsp3) is 0.100. The lowest BCUT2D eigenvalue weighted by molar-refractivity contribution is 0.598. The number of hydrogen-bond donors (Lipinski definition) is 2.